The summed E-state index contributed by atoms with van der Waals surface area (Å²) >= 11 is 0. The highest BCUT2D eigenvalue weighted by Gasteiger charge is 2.20. The van der Waals surface area contributed by atoms with Crippen molar-refractivity contribution < 1.29 is 13.9 Å². The molecule has 0 aliphatic heterocycles. The first-order valence-electron chi connectivity index (χ1n) is 8.76. The summed E-state index contributed by atoms with van der Waals surface area (Å²) in [6.07, 6.45) is 0. The molecule has 5 heteroatoms. The number of halogens is 1. The highest BCUT2D eigenvalue weighted by molar-refractivity contribution is 5.88. The van der Waals surface area contributed by atoms with Crippen molar-refractivity contribution in [3.8, 4) is 5.75 Å². The number of benzene rings is 1. The van der Waals surface area contributed by atoms with Crippen LogP contribution in [0.5, 0.6) is 5.75 Å². The average Bonchev–Trinajstić information content (AvgIpc) is 2.86. The van der Waals surface area contributed by atoms with Crippen molar-refractivity contribution in [2.24, 2.45) is 0 Å². The maximum atomic E-state index is 13.1. The van der Waals surface area contributed by atoms with Gasteiger partial charge in [0.25, 0.3) is 0 Å². The number of nitrogens with zero attached hydrogens (tertiary/aromatic N) is 2. The van der Waals surface area contributed by atoms with E-state index in [1.54, 1.807) is 19.2 Å². The van der Waals surface area contributed by atoms with E-state index in [2.05, 4.69) is 18.4 Å². The van der Waals surface area contributed by atoms with Gasteiger partial charge in [-0.25, -0.2) is 4.39 Å². The Morgan fingerprint density at radius 1 is 1.04 bits per heavy atom. The standard InChI is InChI=1S/C21H25FN2O2/c1-13-15(3)23-19-14(2)16(4)24(10-11-25-5)20(19)21(13)26-12-17-6-8-18(22)9-7-17/h6-9H,10-12H2,1-5H3. The Kier molecular flexibility index (Phi) is 5.28. The lowest BCUT2D eigenvalue weighted by Crippen LogP contribution is -2.08. The van der Waals surface area contributed by atoms with Gasteiger partial charge in [0.1, 0.15) is 23.7 Å². The van der Waals surface area contributed by atoms with Gasteiger partial charge in [0.15, 0.2) is 0 Å². The van der Waals surface area contributed by atoms with Crippen molar-refractivity contribution in [1.29, 1.82) is 0 Å². The van der Waals surface area contributed by atoms with Crippen LogP contribution in [0.25, 0.3) is 11.0 Å². The molecule has 0 amide bonds. The zero-order chi connectivity index (χ0) is 18.8. The van der Waals surface area contributed by atoms with E-state index in [9.17, 15) is 4.39 Å². The molecule has 26 heavy (non-hydrogen) atoms. The summed E-state index contributed by atoms with van der Waals surface area (Å²) in [7, 11) is 1.70. The maximum Gasteiger partial charge on any atom is 0.150 e. The van der Waals surface area contributed by atoms with Crippen LogP contribution >= 0.6 is 0 Å². The fourth-order valence-electron chi connectivity index (χ4n) is 3.18. The lowest BCUT2D eigenvalue weighted by molar-refractivity contribution is 0.187. The van der Waals surface area contributed by atoms with E-state index < -0.39 is 0 Å². The molecule has 0 fully saturated rings. The molecule has 0 atom stereocenters. The van der Waals surface area contributed by atoms with Gasteiger partial charge in [-0.3, -0.25) is 4.98 Å². The first-order valence-corrected chi connectivity index (χ1v) is 8.76. The third-order valence-electron chi connectivity index (χ3n) is 4.99. The quantitative estimate of drug-likeness (QED) is 0.646. The number of aromatic nitrogens is 2. The number of rotatable bonds is 6. The van der Waals surface area contributed by atoms with Gasteiger partial charge in [0, 0.05) is 30.6 Å². The topological polar surface area (TPSA) is 36.3 Å². The minimum Gasteiger partial charge on any atom is -0.486 e. The molecule has 3 rings (SSSR count). The van der Waals surface area contributed by atoms with Gasteiger partial charge >= 0.3 is 0 Å². The molecule has 1 aromatic carbocycles. The number of pyridine rings is 1. The number of ether oxygens (including phenoxy) is 2. The van der Waals surface area contributed by atoms with Crippen molar-refractivity contribution in [3.63, 3.8) is 0 Å². The molecule has 138 valence electrons. The second-order valence-electron chi connectivity index (χ2n) is 6.62. The highest BCUT2D eigenvalue weighted by Crippen LogP contribution is 2.35. The Morgan fingerprint density at radius 3 is 2.38 bits per heavy atom. The number of hydrogen-bond donors (Lipinski definition) is 0. The van der Waals surface area contributed by atoms with E-state index in [1.807, 2.05) is 13.8 Å². The Morgan fingerprint density at radius 2 is 1.73 bits per heavy atom. The van der Waals surface area contributed by atoms with Crippen LogP contribution in [0, 0.1) is 33.5 Å². The largest absolute Gasteiger partial charge is 0.486 e. The third kappa shape index (κ3) is 3.31. The van der Waals surface area contributed by atoms with Gasteiger partial charge in [-0.1, -0.05) is 12.1 Å². The minimum atomic E-state index is -0.244. The molecule has 0 N–H and O–H groups in total. The number of fused-ring (bicyclic) bond motifs is 1. The van der Waals surface area contributed by atoms with Crippen LogP contribution < -0.4 is 4.74 Å². The van der Waals surface area contributed by atoms with Crippen LogP contribution in [0.3, 0.4) is 0 Å². The Bertz CT molecular complexity index is 930. The van der Waals surface area contributed by atoms with Crippen LogP contribution in [-0.2, 0) is 17.9 Å². The molecule has 2 heterocycles. The normalized spacial score (nSPS) is 11.3. The molecule has 0 unspecified atom stereocenters. The van der Waals surface area contributed by atoms with Crippen LogP contribution in [0.4, 0.5) is 4.39 Å². The van der Waals surface area contributed by atoms with Gasteiger partial charge in [-0.2, -0.15) is 0 Å². The Labute approximate surface area is 153 Å². The van der Waals surface area contributed by atoms with Gasteiger partial charge in [-0.05, 0) is 51.0 Å². The van der Waals surface area contributed by atoms with Crippen molar-refractivity contribution in [2.75, 3.05) is 13.7 Å². The first kappa shape index (κ1) is 18.4. The summed E-state index contributed by atoms with van der Waals surface area (Å²) in [6, 6.07) is 6.40. The van der Waals surface area contributed by atoms with Gasteiger partial charge in [0.2, 0.25) is 0 Å². The van der Waals surface area contributed by atoms with Crippen molar-refractivity contribution in [1.82, 2.24) is 9.55 Å². The molecule has 0 saturated heterocycles. The third-order valence-corrected chi connectivity index (χ3v) is 4.99. The second kappa shape index (κ2) is 7.46. The molecule has 4 nitrogen and oxygen atoms in total. The fraction of sp³-hybridized carbons (Fsp3) is 0.381. The van der Waals surface area contributed by atoms with Gasteiger partial charge in [0.05, 0.1) is 12.1 Å². The number of aryl methyl sites for hydroxylation is 2. The molecule has 2 aromatic heterocycles. The molecular formula is C21H25FN2O2. The molecule has 3 aromatic rings. The van der Waals surface area contributed by atoms with Gasteiger partial charge < -0.3 is 14.0 Å². The number of methoxy groups -OCH3 is 1. The van der Waals surface area contributed by atoms with Gasteiger partial charge in [-0.15, -0.1) is 0 Å². The first-order chi connectivity index (χ1) is 12.4. The molecule has 0 radical (unpaired) electrons. The highest BCUT2D eigenvalue weighted by atomic mass is 19.1. The predicted molar refractivity (Wildman–Crippen MR) is 101 cm³/mol. The van der Waals surface area contributed by atoms with Crippen molar-refractivity contribution >= 4 is 11.0 Å². The average molecular weight is 356 g/mol. The van der Waals surface area contributed by atoms with E-state index in [4.69, 9.17) is 14.5 Å². The van der Waals surface area contributed by atoms with E-state index >= 15 is 0 Å². The summed E-state index contributed by atoms with van der Waals surface area (Å²) in [5.74, 6) is 0.593. The lowest BCUT2D eigenvalue weighted by atomic mass is 10.1. The zero-order valence-electron chi connectivity index (χ0n) is 16.0. The number of hydrogen-bond acceptors (Lipinski definition) is 3. The Hall–Kier alpha value is -2.40. The van der Waals surface area contributed by atoms with Crippen LogP contribution in [0.1, 0.15) is 28.1 Å². The molecular weight excluding hydrogens is 331 g/mol. The van der Waals surface area contributed by atoms with Crippen molar-refractivity contribution in [2.45, 2.75) is 40.8 Å². The summed E-state index contributed by atoms with van der Waals surface area (Å²) in [6.45, 7) is 9.96. The molecule has 0 aliphatic carbocycles. The summed E-state index contributed by atoms with van der Waals surface area (Å²) in [5, 5.41) is 0. The summed E-state index contributed by atoms with van der Waals surface area (Å²) in [4.78, 5) is 4.80. The van der Waals surface area contributed by atoms with Crippen LogP contribution in [0.15, 0.2) is 24.3 Å². The monoisotopic (exact) mass is 356 g/mol. The summed E-state index contributed by atoms with van der Waals surface area (Å²) < 4.78 is 26.8. The Balaban J connectivity index is 2.08. The minimum absolute atomic E-state index is 0.244. The molecule has 0 aliphatic rings. The van der Waals surface area contributed by atoms with E-state index in [1.165, 1.54) is 17.8 Å². The smallest absolute Gasteiger partial charge is 0.150 e. The van der Waals surface area contributed by atoms with E-state index in [-0.39, 0.29) is 5.82 Å². The lowest BCUT2D eigenvalue weighted by Gasteiger charge is -2.15. The maximum absolute atomic E-state index is 13.1. The second-order valence-corrected chi connectivity index (χ2v) is 6.62. The van der Waals surface area contributed by atoms with E-state index in [0.717, 1.165) is 45.7 Å². The summed E-state index contributed by atoms with van der Waals surface area (Å²) in [5.41, 5.74) is 7.20. The van der Waals surface area contributed by atoms with Crippen LogP contribution in [0.2, 0.25) is 0 Å². The molecule has 0 spiro atoms. The SMILES string of the molecule is COCCn1c(C)c(C)c2nc(C)c(C)c(OCc3ccc(F)cc3)c21. The molecule has 0 bridgehead atoms. The van der Waals surface area contributed by atoms with Crippen molar-refractivity contribution in [3.05, 3.63) is 58.2 Å². The fourth-order valence-corrected chi connectivity index (χ4v) is 3.18. The van der Waals surface area contributed by atoms with Crippen LogP contribution in [-0.4, -0.2) is 23.3 Å². The molecule has 0 saturated carbocycles. The van der Waals surface area contributed by atoms with E-state index in [0.29, 0.717) is 13.2 Å². The zero-order valence-corrected chi connectivity index (χ0v) is 16.0. The predicted octanol–water partition coefficient (Wildman–Crippen LogP) is 4.63.